The van der Waals surface area contributed by atoms with E-state index in [1.54, 1.807) is 17.6 Å². The van der Waals surface area contributed by atoms with Crippen molar-refractivity contribution in [2.45, 2.75) is 35.5 Å². The minimum Gasteiger partial charge on any atom is -0.369 e. The van der Waals surface area contributed by atoms with Gasteiger partial charge in [0.05, 0.1) is 18.8 Å². The number of imidazole rings is 1. The normalized spacial score (nSPS) is 29.6. The number of hydrogen-bond acceptors (Lipinski definition) is 5. The zero-order chi connectivity index (χ0) is 16.8. The summed E-state index contributed by atoms with van der Waals surface area (Å²) in [5.74, 6) is 0.857. The zero-order valence-corrected chi connectivity index (χ0v) is 15.7. The Bertz CT molecular complexity index is 844. The Morgan fingerprint density at radius 2 is 2.33 bits per heavy atom. The van der Waals surface area contributed by atoms with Crippen molar-refractivity contribution in [3.8, 4) is 0 Å². The molecule has 2 fully saturated rings. The second-order valence-corrected chi connectivity index (χ2v) is 8.17. The monoisotopic (exact) mass is 442 g/mol. The number of nitrogens with zero attached hydrogens (tertiary/aromatic N) is 5. The molecular weight excluding hydrogens is 423 g/mol. The minimum absolute atomic E-state index is 0.109. The number of nitrogens with one attached hydrogen (secondary N) is 1. The second kappa shape index (κ2) is 6.10. The Labute approximate surface area is 152 Å². The van der Waals surface area contributed by atoms with Crippen LogP contribution >= 0.6 is 22.6 Å². The molecule has 0 aromatic carbocycles. The Morgan fingerprint density at radius 3 is 3.08 bits per heavy atom. The fourth-order valence-electron chi connectivity index (χ4n) is 3.48. The molecule has 8 nitrogen and oxygen atoms in total. The van der Waals surface area contributed by atoms with Crippen LogP contribution in [-0.2, 0) is 4.74 Å². The standard InChI is InChI=1S/C15H19IN6O2/c1-21(2)6-18-15-19-13-11(14(23)20-15)17-7-22(13)10-5-8-3-4-9(16)12(8)24-10/h6-10,12H,3-5H2,1-2H3,(H,19,20,23)/b18-6+. The lowest BCUT2D eigenvalue weighted by atomic mass is 10.0. The van der Waals surface area contributed by atoms with Gasteiger partial charge in [-0.25, -0.2) is 9.98 Å². The van der Waals surface area contributed by atoms with E-state index in [1.807, 2.05) is 18.7 Å². The lowest BCUT2D eigenvalue weighted by molar-refractivity contribution is 0.00612. The van der Waals surface area contributed by atoms with Crippen molar-refractivity contribution in [3.63, 3.8) is 0 Å². The highest BCUT2D eigenvalue weighted by atomic mass is 127. The van der Waals surface area contributed by atoms with Crippen LogP contribution in [0.2, 0.25) is 0 Å². The summed E-state index contributed by atoms with van der Waals surface area (Å²) >= 11 is 2.48. The van der Waals surface area contributed by atoms with E-state index in [9.17, 15) is 4.79 Å². The van der Waals surface area contributed by atoms with E-state index < -0.39 is 0 Å². The fourth-order valence-corrected chi connectivity index (χ4v) is 4.59. The van der Waals surface area contributed by atoms with Crippen LogP contribution in [0.3, 0.4) is 0 Å². The van der Waals surface area contributed by atoms with Gasteiger partial charge in [0, 0.05) is 18.0 Å². The smallest absolute Gasteiger partial charge is 0.280 e. The lowest BCUT2D eigenvalue weighted by Crippen LogP contribution is -2.19. The molecule has 2 aromatic rings. The van der Waals surface area contributed by atoms with Crippen LogP contribution in [0.5, 0.6) is 0 Å². The van der Waals surface area contributed by atoms with E-state index in [0.29, 0.717) is 27.1 Å². The largest absolute Gasteiger partial charge is 0.369 e. The molecule has 0 spiro atoms. The molecule has 1 saturated carbocycles. The predicted molar refractivity (Wildman–Crippen MR) is 99.0 cm³/mol. The molecule has 24 heavy (non-hydrogen) atoms. The number of aromatic nitrogens is 4. The summed E-state index contributed by atoms with van der Waals surface area (Å²) in [4.78, 5) is 29.5. The van der Waals surface area contributed by atoms with Gasteiger partial charge in [0.15, 0.2) is 11.2 Å². The maximum atomic E-state index is 12.2. The van der Waals surface area contributed by atoms with Gasteiger partial charge in [0.1, 0.15) is 6.23 Å². The molecule has 4 atom stereocenters. The molecular formula is C15H19IN6O2. The number of rotatable bonds is 3. The highest BCUT2D eigenvalue weighted by molar-refractivity contribution is 14.1. The molecule has 4 unspecified atom stereocenters. The van der Waals surface area contributed by atoms with Crippen molar-refractivity contribution in [3.05, 3.63) is 16.7 Å². The van der Waals surface area contributed by atoms with Crippen LogP contribution in [0.1, 0.15) is 25.5 Å². The molecule has 0 radical (unpaired) electrons. The number of H-pyrrole nitrogens is 1. The maximum absolute atomic E-state index is 12.2. The van der Waals surface area contributed by atoms with E-state index in [0.717, 1.165) is 6.42 Å². The van der Waals surface area contributed by atoms with Crippen LogP contribution in [0.25, 0.3) is 11.2 Å². The first-order valence-electron chi connectivity index (χ1n) is 8.00. The van der Waals surface area contributed by atoms with Gasteiger partial charge < -0.3 is 9.64 Å². The molecule has 1 aliphatic heterocycles. The summed E-state index contributed by atoms with van der Waals surface area (Å²) in [6, 6.07) is 0. The predicted octanol–water partition coefficient (Wildman–Crippen LogP) is 1.84. The van der Waals surface area contributed by atoms with Crippen molar-refractivity contribution < 1.29 is 4.74 Å². The number of fused-ring (bicyclic) bond motifs is 2. The molecule has 2 aromatic heterocycles. The van der Waals surface area contributed by atoms with Crippen molar-refractivity contribution in [1.29, 1.82) is 0 Å². The minimum atomic E-state index is -0.283. The molecule has 9 heteroatoms. The highest BCUT2D eigenvalue weighted by Crippen LogP contribution is 2.46. The summed E-state index contributed by atoms with van der Waals surface area (Å²) in [5.41, 5.74) is 0.569. The fraction of sp³-hybridized carbons (Fsp3) is 0.600. The number of aromatic amines is 1. The molecule has 128 valence electrons. The van der Waals surface area contributed by atoms with Gasteiger partial charge in [-0.15, -0.1) is 0 Å². The number of hydrogen-bond donors (Lipinski definition) is 1. The molecule has 1 aliphatic carbocycles. The van der Waals surface area contributed by atoms with Gasteiger partial charge >= 0.3 is 0 Å². The second-order valence-electron chi connectivity index (χ2n) is 6.57. The summed E-state index contributed by atoms with van der Waals surface area (Å²) in [7, 11) is 3.71. The lowest BCUT2D eigenvalue weighted by Gasteiger charge is -2.16. The molecule has 1 saturated heterocycles. The topological polar surface area (TPSA) is 88.4 Å². The Hall–Kier alpha value is -1.49. The maximum Gasteiger partial charge on any atom is 0.280 e. The van der Waals surface area contributed by atoms with Crippen LogP contribution in [0.4, 0.5) is 5.95 Å². The van der Waals surface area contributed by atoms with E-state index in [1.165, 1.54) is 12.8 Å². The van der Waals surface area contributed by atoms with E-state index in [2.05, 4.69) is 42.5 Å². The van der Waals surface area contributed by atoms with Crippen LogP contribution in [-0.4, -0.2) is 54.9 Å². The van der Waals surface area contributed by atoms with Gasteiger partial charge in [-0.1, -0.05) is 22.6 Å². The van der Waals surface area contributed by atoms with Crippen molar-refractivity contribution >= 4 is 46.0 Å². The molecule has 1 N–H and O–H groups in total. The zero-order valence-electron chi connectivity index (χ0n) is 13.5. The highest BCUT2D eigenvalue weighted by Gasteiger charge is 2.44. The Morgan fingerprint density at radius 1 is 1.50 bits per heavy atom. The van der Waals surface area contributed by atoms with E-state index in [4.69, 9.17) is 4.74 Å². The molecule has 3 heterocycles. The Balaban J connectivity index is 1.70. The number of halogens is 1. The quantitative estimate of drug-likeness (QED) is 0.339. The number of ether oxygens (including phenoxy) is 1. The van der Waals surface area contributed by atoms with Gasteiger partial charge in [0.25, 0.3) is 5.56 Å². The summed E-state index contributed by atoms with van der Waals surface area (Å²) in [5, 5.41) is 0. The van der Waals surface area contributed by atoms with Gasteiger partial charge in [-0.05, 0) is 25.2 Å². The summed E-state index contributed by atoms with van der Waals surface area (Å²) in [6.45, 7) is 0. The third-order valence-corrected chi connectivity index (χ3v) is 5.93. The average Bonchev–Trinajstić information content (AvgIpc) is 3.21. The van der Waals surface area contributed by atoms with Gasteiger partial charge in [0.2, 0.25) is 5.95 Å². The number of aliphatic imine (C=N–C) groups is 1. The SMILES string of the molecule is CN(C)/C=N/c1nc2c(ncn2C2CC3CCC(I)C3O2)c(=O)[nH]1. The van der Waals surface area contributed by atoms with Crippen LogP contribution in [0, 0.1) is 5.92 Å². The Kier molecular flexibility index (Phi) is 4.07. The third-order valence-electron chi connectivity index (χ3n) is 4.59. The van der Waals surface area contributed by atoms with Gasteiger partial charge in [-0.3, -0.25) is 14.3 Å². The first-order chi connectivity index (χ1) is 11.5. The molecule has 0 amide bonds. The van der Waals surface area contributed by atoms with Crippen LogP contribution < -0.4 is 5.56 Å². The average molecular weight is 442 g/mol. The van der Waals surface area contributed by atoms with Crippen molar-refractivity contribution in [2.24, 2.45) is 10.9 Å². The first kappa shape index (κ1) is 16.0. The summed E-state index contributed by atoms with van der Waals surface area (Å²) < 4.78 is 8.68. The van der Waals surface area contributed by atoms with E-state index in [-0.39, 0.29) is 17.7 Å². The van der Waals surface area contributed by atoms with Crippen molar-refractivity contribution in [1.82, 2.24) is 24.4 Å². The molecule has 4 rings (SSSR count). The first-order valence-corrected chi connectivity index (χ1v) is 9.24. The molecule has 0 bridgehead atoms. The third kappa shape index (κ3) is 2.73. The van der Waals surface area contributed by atoms with E-state index >= 15 is 0 Å². The number of alkyl halides is 1. The molecule has 2 aliphatic rings. The summed E-state index contributed by atoms with van der Waals surface area (Å²) in [6.07, 6.45) is 6.80. The van der Waals surface area contributed by atoms with Gasteiger partial charge in [-0.2, -0.15) is 4.98 Å². The van der Waals surface area contributed by atoms with Crippen molar-refractivity contribution in [2.75, 3.05) is 14.1 Å². The van der Waals surface area contributed by atoms with Crippen LogP contribution in [0.15, 0.2) is 16.1 Å².